The first-order valence-corrected chi connectivity index (χ1v) is 7.48. The van der Waals surface area contributed by atoms with Crippen molar-refractivity contribution >= 4 is 44.2 Å². The lowest BCUT2D eigenvalue weighted by Crippen LogP contribution is -2.12. The van der Waals surface area contributed by atoms with Crippen molar-refractivity contribution in [1.29, 1.82) is 0 Å². The van der Waals surface area contributed by atoms with E-state index in [1.54, 1.807) is 24.3 Å². The molecule has 1 aromatic heterocycles. The average molecular weight is 311 g/mol. The van der Waals surface area contributed by atoms with Crippen molar-refractivity contribution in [2.45, 2.75) is 6.92 Å². The number of para-hydroxylation sites is 1. The van der Waals surface area contributed by atoms with E-state index in [0.717, 1.165) is 10.2 Å². The molecule has 6 heteroatoms. The summed E-state index contributed by atoms with van der Waals surface area (Å²) in [6.45, 7) is 1.42. The zero-order valence-corrected chi connectivity index (χ0v) is 12.6. The van der Waals surface area contributed by atoms with Crippen LogP contribution < -0.4 is 10.6 Å². The second-order valence-electron chi connectivity index (χ2n) is 4.70. The van der Waals surface area contributed by atoms with Gasteiger partial charge in [-0.3, -0.25) is 14.9 Å². The molecule has 3 rings (SSSR count). The van der Waals surface area contributed by atoms with Crippen molar-refractivity contribution < 1.29 is 9.59 Å². The first kappa shape index (κ1) is 14.2. The second-order valence-corrected chi connectivity index (χ2v) is 5.73. The predicted molar refractivity (Wildman–Crippen MR) is 88.3 cm³/mol. The highest BCUT2D eigenvalue weighted by Crippen LogP contribution is 2.25. The van der Waals surface area contributed by atoms with E-state index in [9.17, 15) is 9.59 Å². The quantitative estimate of drug-likeness (QED) is 0.777. The number of aromatic nitrogens is 1. The third-order valence-electron chi connectivity index (χ3n) is 2.96. The number of carbonyl (C=O) groups is 2. The summed E-state index contributed by atoms with van der Waals surface area (Å²) < 4.78 is 1.02. The molecule has 0 bridgehead atoms. The minimum atomic E-state index is -0.258. The second kappa shape index (κ2) is 5.95. The van der Waals surface area contributed by atoms with Gasteiger partial charge in [-0.1, -0.05) is 29.5 Å². The predicted octanol–water partition coefficient (Wildman–Crippen LogP) is 3.51. The molecule has 2 amide bonds. The standard InChI is InChI=1S/C16H13N3O2S/c1-10(20)17-12-6-4-5-11(9-12)15(21)19-16-18-13-7-2-3-8-14(13)22-16/h2-9H,1H3,(H,17,20)(H,18,19,21). The molecule has 0 atom stereocenters. The number of hydrogen-bond donors (Lipinski definition) is 2. The molecule has 0 aliphatic carbocycles. The summed E-state index contributed by atoms with van der Waals surface area (Å²) in [6, 6.07) is 14.5. The monoisotopic (exact) mass is 311 g/mol. The zero-order chi connectivity index (χ0) is 15.5. The molecule has 2 N–H and O–H groups in total. The van der Waals surface area contributed by atoms with Crippen LogP contribution in [0.25, 0.3) is 10.2 Å². The SMILES string of the molecule is CC(=O)Nc1cccc(C(=O)Nc2nc3ccccc3s2)c1. The summed E-state index contributed by atoms with van der Waals surface area (Å²) in [5, 5.41) is 5.99. The molecule has 22 heavy (non-hydrogen) atoms. The number of benzene rings is 2. The Kier molecular flexibility index (Phi) is 3.84. The molecule has 0 aliphatic rings. The number of thiazole rings is 1. The number of hydrogen-bond acceptors (Lipinski definition) is 4. The van der Waals surface area contributed by atoms with Crippen LogP contribution in [-0.2, 0) is 4.79 Å². The van der Waals surface area contributed by atoms with Crippen LogP contribution in [0.15, 0.2) is 48.5 Å². The van der Waals surface area contributed by atoms with Crippen LogP contribution >= 0.6 is 11.3 Å². The van der Waals surface area contributed by atoms with Gasteiger partial charge in [0.2, 0.25) is 5.91 Å². The van der Waals surface area contributed by atoms with Crippen molar-refractivity contribution in [2.75, 3.05) is 10.6 Å². The molecule has 0 spiro atoms. The normalized spacial score (nSPS) is 10.4. The van der Waals surface area contributed by atoms with Gasteiger partial charge in [0.1, 0.15) is 0 Å². The maximum absolute atomic E-state index is 12.3. The Bertz CT molecular complexity index is 824. The fraction of sp³-hybridized carbons (Fsp3) is 0.0625. The topological polar surface area (TPSA) is 71.1 Å². The van der Waals surface area contributed by atoms with Crippen molar-refractivity contribution in [3.05, 3.63) is 54.1 Å². The molecule has 1 heterocycles. The van der Waals surface area contributed by atoms with Gasteiger partial charge in [0, 0.05) is 18.2 Å². The largest absolute Gasteiger partial charge is 0.326 e. The third-order valence-corrected chi connectivity index (χ3v) is 3.91. The van der Waals surface area contributed by atoms with Crippen molar-refractivity contribution in [1.82, 2.24) is 4.98 Å². The Balaban J connectivity index is 1.80. The van der Waals surface area contributed by atoms with Gasteiger partial charge in [-0.15, -0.1) is 0 Å². The molecule has 3 aromatic rings. The van der Waals surface area contributed by atoms with Crippen LogP contribution in [0, 0.1) is 0 Å². The Morgan fingerprint density at radius 1 is 1.05 bits per heavy atom. The third kappa shape index (κ3) is 3.12. The molecule has 0 saturated carbocycles. The minimum Gasteiger partial charge on any atom is -0.326 e. The van der Waals surface area contributed by atoms with Gasteiger partial charge in [0.25, 0.3) is 5.91 Å². The molecular weight excluding hydrogens is 298 g/mol. The minimum absolute atomic E-state index is 0.177. The van der Waals surface area contributed by atoms with Gasteiger partial charge in [-0.2, -0.15) is 0 Å². The molecule has 2 aromatic carbocycles. The smallest absolute Gasteiger partial charge is 0.257 e. The number of nitrogens with one attached hydrogen (secondary N) is 2. The van der Waals surface area contributed by atoms with E-state index in [0.29, 0.717) is 16.4 Å². The molecule has 0 radical (unpaired) electrons. The zero-order valence-electron chi connectivity index (χ0n) is 11.8. The number of anilines is 2. The summed E-state index contributed by atoms with van der Waals surface area (Å²) in [5.74, 6) is -0.435. The maximum Gasteiger partial charge on any atom is 0.257 e. The molecule has 0 saturated heterocycles. The van der Waals surface area contributed by atoms with E-state index in [1.165, 1.54) is 18.3 Å². The summed E-state index contributed by atoms with van der Waals surface area (Å²) >= 11 is 1.42. The summed E-state index contributed by atoms with van der Waals surface area (Å²) in [4.78, 5) is 27.7. The lowest BCUT2D eigenvalue weighted by atomic mass is 10.2. The van der Waals surface area contributed by atoms with E-state index in [4.69, 9.17) is 0 Å². The first-order valence-electron chi connectivity index (χ1n) is 6.66. The van der Waals surface area contributed by atoms with Crippen molar-refractivity contribution in [3.63, 3.8) is 0 Å². The van der Waals surface area contributed by atoms with Gasteiger partial charge in [-0.05, 0) is 30.3 Å². The number of amides is 2. The molecule has 0 unspecified atom stereocenters. The molecule has 0 fully saturated rings. The van der Waals surface area contributed by atoms with Gasteiger partial charge in [0.15, 0.2) is 5.13 Å². The van der Waals surface area contributed by atoms with E-state index >= 15 is 0 Å². The number of fused-ring (bicyclic) bond motifs is 1. The van der Waals surface area contributed by atoms with E-state index in [2.05, 4.69) is 15.6 Å². The maximum atomic E-state index is 12.3. The molecule has 110 valence electrons. The lowest BCUT2D eigenvalue weighted by molar-refractivity contribution is -0.114. The Labute approximate surface area is 131 Å². The van der Waals surface area contributed by atoms with Crippen LogP contribution in [0.4, 0.5) is 10.8 Å². The Morgan fingerprint density at radius 3 is 2.64 bits per heavy atom. The Morgan fingerprint density at radius 2 is 1.86 bits per heavy atom. The fourth-order valence-corrected chi connectivity index (χ4v) is 2.90. The van der Waals surface area contributed by atoms with Gasteiger partial charge in [0.05, 0.1) is 10.2 Å². The highest BCUT2D eigenvalue weighted by molar-refractivity contribution is 7.22. The highest BCUT2D eigenvalue weighted by Gasteiger charge is 2.10. The lowest BCUT2D eigenvalue weighted by Gasteiger charge is -2.05. The van der Waals surface area contributed by atoms with E-state index < -0.39 is 0 Å². The highest BCUT2D eigenvalue weighted by atomic mass is 32.1. The first-order chi connectivity index (χ1) is 10.6. The van der Waals surface area contributed by atoms with Crippen LogP contribution in [0.3, 0.4) is 0 Å². The van der Waals surface area contributed by atoms with Crippen molar-refractivity contribution in [2.24, 2.45) is 0 Å². The van der Waals surface area contributed by atoms with E-state index in [-0.39, 0.29) is 11.8 Å². The van der Waals surface area contributed by atoms with E-state index in [1.807, 2.05) is 24.3 Å². The van der Waals surface area contributed by atoms with Crippen LogP contribution in [0.2, 0.25) is 0 Å². The average Bonchev–Trinajstić information content (AvgIpc) is 2.89. The molecule has 0 aliphatic heterocycles. The van der Waals surface area contributed by atoms with Crippen molar-refractivity contribution in [3.8, 4) is 0 Å². The van der Waals surface area contributed by atoms with Crippen LogP contribution in [0.5, 0.6) is 0 Å². The molecule has 5 nitrogen and oxygen atoms in total. The fourth-order valence-electron chi connectivity index (χ4n) is 2.04. The van der Waals surface area contributed by atoms with Gasteiger partial charge in [-0.25, -0.2) is 4.98 Å². The van der Waals surface area contributed by atoms with Gasteiger partial charge >= 0.3 is 0 Å². The Hall–Kier alpha value is -2.73. The molecular formula is C16H13N3O2S. The summed E-state index contributed by atoms with van der Waals surface area (Å²) in [7, 11) is 0. The van der Waals surface area contributed by atoms with Crippen LogP contribution in [-0.4, -0.2) is 16.8 Å². The summed E-state index contributed by atoms with van der Waals surface area (Å²) in [6.07, 6.45) is 0. The number of nitrogens with zero attached hydrogens (tertiary/aromatic N) is 1. The number of rotatable bonds is 3. The summed E-state index contributed by atoms with van der Waals surface area (Å²) in [5.41, 5.74) is 1.91. The number of carbonyl (C=O) groups excluding carboxylic acids is 2. The van der Waals surface area contributed by atoms with Gasteiger partial charge < -0.3 is 5.32 Å². The van der Waals surface area contributed by atoms with Crippen LogP contribution in [0.1, 0.15) is 17.3 Å².